The molecule has 3 aromatic rings. The number of imidazole rings is 1. The molecule has 0 radical (unpaired) electrons. The quantitative estimate of drug-likeness (QED) is 0.771. The summed E-state index contributed by atoms with van der Waals surface area (Å²) in [6.45, 7) is 1.29. The Hall–Kier alpha value is -1.99. The Labute approximate surface area is 107 Å². The first-order valence-electron chi connectivity index (χ1n) is 5.46. The Morgan fingerprint density at radius 3 is 3.17 bits per heavy atom. The predicted molar refractivity (Wildman–Crippen MR) is 67.9 cm³/mol. The summed E-state index contributed by atoms with van der Waals surface area (Å²) in [5.74, 6) is 1.02. The van der Waals surface area contributed by atoms with Gasteiger partial charge in [0.15, 0.2) is 0 Å². The summed E-state index contributed by atoms with van der Waals surface area (Å²) in [6, 6.07) is 3.90. The van der Waals surface area contributed by atoms with Crippen LogP contribution >= 0.6 is 11.3 Å². The fourth-order valence-electron chi connectivity index (χ4n) is 1.58. The van der Waals surface area contributed by atoms with Gasteiger partial charge >= 0.3 is 0 Å². The summed E-state index contributed by atoms with van der Waals surface area (Å²) >= 11 is 1.57. The monoisotopic (exact) mass is 261 g/mol. The maximum absolute atomic E-state index is 5.48. The molecular weight excluding hydrogens is 250 g/mol. The topological polar surface area (TPSA) is 82.8 Å². The van der Waals surface area contributed by atoms with Gasteiger partial charge in [0.05, 0.1) is 11.2 Å². The smallest absolute Gasteiger partial charge is 0.278 e. The highest BCUT2D eigenvalue weighted by molar-refractivity contribution is 7.13. The van der Waals surface area contributed by atoms with Crippen LogP contribution in [0.3, 0.4) is 0 Å². The van der Waals surface area contributed by atoms with E-state index in [0.717, 1.165) is 11.4 Å². The molecule has 2 N–H and O–H groups in total. The van der Waals surface area contributed by atoms with E-state index in [1.165, 1.54) is 0 Å². The van der Waals surface area contributed by atoms with Crippen LogP contribution in [0.4, 0.5) is 0 Å². The number of hydrogen-bond acceptors (Lipinski definition) is 6. The van der Waals surface area contributed by atoms with E-state index in [-0.39, 0.29) is 0 Å². The molecule has 0 atom stereocenters. The molecule has 0 aromatic carbocycles. The van der Waals surface area contributed by atoms with Gasteiger partial charge in [0.25, 0.3) is 5.89 Å². The van der Waals surface area contributed by atoms with Crippen LogP contribution in [0.2, 0.25) is 0 Å². The van der Waals surface area contributed by atoms with E-state index in [0.29, 0.717) is 24.0 Å². The van der Waals surface area contributed by atoms with E-state index in [1.807, 2.05) is 28.3 Å². The molecule has 3 aromatic heterocycles. The van der Waals surface area contributed by atoms with Gasteiger partial charge in [-0.25, -0.2) is 4.98 Å². The Kier molecular flexibility index (Phi) is 2.91. The fraction of sp³-hybridized carbons (Fsp3) is 0.182. The molecule has 0 aliphatic carbocycles. The lowest BCUT2D eigenvalue weighted by Crippen LogP contribution is -2.07. The molecule has 92 valence electrons. The Morgan fingerprint density at radius 2 is 2.39 bits per heavy atom. The molecule has 0 fully saturated rings. The van der Waals surface area contributed by atoms with E-state index in [1.54, 1.807) is 17.7 Å². The number of rotatable bonds is 4. The molecule has 18 heavy (non-hydrogen) atoms. The summed E-state index contributed by atoms with van der Waals surface area (Å²) < 4.78 is 7.10. The van der Waals surface area contributed by atoms with Crippen LogP contribution in [0, 0.1) is 0 Å². The number of nitrogens with two attached hydrogens (primary N) is 1. The van der Waals surface area contributed by atoms with Gasteiger partial charge in [-0.3, -0.25) is 0 Å². The summed E-state index contributed by atoms with van der Waals surface area (Å²) in [4.78, 5) is 9.51. The third-order valence-corrected chi connectivity index (χ3v) is 3.27. The van der Waals surface area contributed by atoms with E-state index < -0.39 is 0 Å². The molecule has 6 nitrogen and oxygen atoms in total. The molecule has 0 aliphatic rings. The minimum absolute atomic E-state index is 0.425. The Morgan fingerprint density at radius 1 is 1.44 bits per heavy atom. The van der Waals surface area contributed by atoms with E-state index >= 15 is 0 Å². The van der Waals surface area contributed by atoms with Crippen LogP contribution in [-0.4, -0.2) is 26.2 Å². The summed E-state index contributed by atoms with van der Waals surface area (Å²) in [7, 11) is 0. The summed E-state index contributed by atoms with van der Waals surface area (Å²) in [6.07, 6.45) is 3.55. The standard InChI is InChI=1S/C11H11N5OS/c12-3-4-16-6-8(13-7-16)11-14-10(15-17-11)9-2-1-5-18-9/h1-2,5-7H,3-4,12H2. The fourth-order valence-corrected chi connectivity index (χ4v) is 2.22. The molecule has 0 amide bonds. The zero-order chi connectivity index (χ0) is 12.4. The molecule has 3 heterocycles. The lowest BCUT2D eigenvalue weighted by molar-refractivity contribution is 0.431. The van der Waals surface area contributed by atoms with Crippen LogP contribution in [0.15, 0.2) is 34.6 Å². The average molecular weight is 261 g/mol. The van der Waals surface area contributed by atoms with Crippen molar-refractivity contribution in [3.8, 4) is 22.3 Å². The third-order valence-electron chi connectivity index (χ3n) is 2.41. The van der Waals surface area contributed by atoms with Crippen molar-refractivity contribution in [2.75, 3.05) is 6.54 Å². The first kappa shape index (κ1) is 11.1. The number of hydrogen-bond donors (Lipinski definition) is 1. The Bertz CT molecular complexity index is 627. The van der Waals surface area contributed by atoms with Crippen LogP contribution < -0.4 is 5.73 Å². The maximum atomic E-state index is 5.48. The van der Waals surface area contributed by atoms with Gasteiger partial charge < -0.3 is 14.8 Å². The molecule has 0 bridgehead atoms. The molecule has 7 heteroatoms. The SMILES string of the molecule is NCCn1cnc(-c2nc(-c3cccs3)no2)c1. The van der Waals surface area contributed by atoms with Crippen LogP contribution in [-0.2, 0) is 6.54 Å². The van der Waals surface area contributed by atoms with Crippen molar-refractivity contribution < 1.29 is 4.52 Å². The lowest BCUT2D eigenvalue weighted by Gasteiger charge is -1.94. The number of thiophene rings is 1. The van der Waals surface area contributed by atoms with Crippen LogP contribution in [0.25, 0.3) is 22.3 Å². The second kappa shape index (κ2) is 4.71. The molecule has 3 rings (SSSR count). The summed E-state index contributed by atoms with van der Waals surface area (Å²) in [5, 5.41) is 5.91. The van der Waals surface area contributed by atoms with Crippen molar-refractivity contribution in [3.63, 3.8) is 0 Å². The van der Waals surface area contributed by atoms with Gasteiger partial charge in [-0.05, 0) is 11.4 Å². The number of nitrogens with zero attached hydrogens (tertiary/aromatic N) is 4. The van der Waals surface area contributed by atoms with Crippen molar-refractivity contribution >= 4 is 11.3 Å². The van der Waals surface area contributed by atoms with Crippen LogP contribution in [0.1, 0.15) is 0 Å². The normalized spacial score (nSPS) is 10.9. The molecule has 0 unspecified atom stereocenters. The Balaban J connectivity index is 1.88. The summed E-state index contributed by atoms with van der Waals surface area (Å²) in [5.41, 5.74) is 6.14. The van der Waals surface area contributed by atoms with Gasteiger partial charge in [0.1, 0.15) is 5.69 Å². The highest BCUT2D eigenvalue weighted by atomic mass is 32.1. The highest BCUT2D eigenvalue weighted by Gasteiger charge is 2.13. The zero-order valence-electron chi connectivity index (χ0n) is 9.48. The molecule has 0 spiro atoms. The van der Waals surface area contributed by atoms with Crippen LogP contribution in [0.5, 0.6) is 0 Å². The van der Waals surface area contributed by atoms with Gasteiger partial charge in [-0.15, -0.1) is 11.3 Å². The van der Waals surface area contributed by atoms with E-state index in [4.69, 9.17) is 10.3 Å². The first-order valence-corrected chi connectivity index (χ1v) is 6.34. The van der Waals surface area contributed by atoms with Crippen molar-refractivity contribution in [1.82, 2.24) is 19.7 Å². The van der Waals surface area contributed by atoms with E-state index in [9.17, 15) is 0 Å². The second-order valence-corrected chi connectivity index (χ2v) is 4.63. The van der Waals surface area contributed by atoms with Crippen molar-refractivity contribution in [1.29, 1.82) is 0 Å². The molecule has 0 saturated carbocycles. The minimum atomic E-state index is 0.425. The third kappa shape index (κ3) is 2.05. The van der Waals surface area contributed by atoms with Crippen molar-refractivity contribution in [2.45, 2.75) is 6.54 Å². The maximum Gasteiger partial charge on any atom is 0.278 e. The van der Waals surface area contributed by atoms with E-state index in [2.05, 4.69) is 15.1 Å². The minimum Gasteiger partial charge on any atom is -0.335 e. The van der Waals surface area contributed by atoms with Gasteiger partial charge in [0.2, 0.25) is 5.82 Å². The van der Waals surface area contributed by atoms with Crippen molar-refractivity contribution in [2.24, 2.45) is 5.73 Å². The average Bonchev–Trinajstić information content (AvgIpc) is 3.10. The zero-order valence-corrected chi connectivity index (χ0v) is 10.3. The molecular formula is C11H11N5OS. The molecule has 0 saturated heterocycles. The number of aromatic nitrogens is 4. The van der Waals surface area contributed by atoms with Gasteiger partial charge in [0, 0.05) is 19.3 Å². The predicted octanol–water partition coefficient (Wildman–Crippen LogP) is 1.62. The van der Waals surface area contributed by atoms with Gasteiger partial charge in [-0.1, -0.05) is 11.2 Å². The van der Waals surface area contributed by atoms with Crippen molar-refractivity contribution in [3.05, 3.63) is 30.0 Å². The lowest BCUT2D eigenvalue weighted by atomic mass is 10.4. The largest absolute Gasteiger partial charge is 0.335 e. The second-order valence-electron chi connectivity index (χ2n) is 3.69. The molecule has 0 aliphatic heterocycles. The highest BCUT2D eigenvalue weighted by Crippen LogP contribution is 2.24. The van der Waals surface area contributed by atoms with Gasteiger partial charge in [-0.2, -0.15) is 4.98 Å². The first-order chi connectivity index (χ1) is 8.86.